The van der Waals surface area contributed by atoms with Gasteiger partial charge in [0.05, 0.1) is 24.8 Å². The molecule has 0 bridgehead atoms. The number of rotatable bonds is 4. The number of hydrogen-bond donors (Lipinski definition) is 1. The third kappa shape index (κ3) is 3.57. The van der Waals surface area contributed by atoms with Crippen LogP contribution in [0.3, 0.4) is 0 Å². The highest BCUT2D eigenvalue weighted by Gasteiger charge is 2.34. The Morgan fingerprint density at radius 2 is 2.00 bits per heavy atom. The number of hydrogen-bond acceptors (Lipinski definition) is 7. The summed E-state index contributed by atoms with van der Waals surface area (Å²) in [6.45, 7) is 6.22. The number of nitrogens with two attached hydrogens (primary N) is 1. The SMILES string of the molecule is C[C@@H]1CN(C(=O)CN2CCC[C@@H]2c2nc(C(N)=O)no2)C[C@H](C)O1. The predicted molar refractivity (Wildman–Crippen MR) is 83.0 cm³/mol. The Bertz CT molecular complexity index is 609. The molecule has 1 aromatic rings. The van der Waals surface area contributed by atoms with Gasteiger partial charge in [0.25, 0.3) is 11.7 Å². The van der Waals surface area contributed by atoms with Crippen molar-refractivity contribution in [3.05, 3.63) is 11.7 Å². The summed E-state index contributed by atoms with van der Waals surface area (Å²) in [7, 11) is 0. The van der Waals surface area contributed by atoms with Crippen LogP contribution in [0.2, 0.25) is 0 Å². The molecule has 0 aromatic carbocycles. The number of morpholine rings is 1. The third-order valence-electron chi connectivity index (χ3n) is 4.42. The molecule has 2 aliphatic rings. The maximum absolute atomic E-state index is 12.6. The van der Waals surface area contributed by atoms with E-state index >= 15 is 0 Å². The highest BCUT2D eigenvalue weighted by Crippen LogP contribution is 2.30. The summed E-state index contributed by atoms with van der Waals surface area (Å²) in [5.74, 6) is -0.433. The summed E-state index contributed by atoms with van der Waals surface area (Å²) < 4.78 is 10.8. The molecule has 0 spiro atoms. The quantitative estimate of drug-likeness (QED) is 0.818. The molecule has 0 aliphatic carbocycles. The summed E-state index contributed by atoms with van der Waals surface area (Å²) in [6, 6.07) is -0.148. The number of carbonyl (C=O) groups excluding carboxylic acids is 2. The van der Waals surface area contributed by atoms with Crippen LogP contribution in [0.25, 0.3) is 0 Å². The van der Waals surface area contributed by atoms with Crippen LogP contribution in [0.15, 0.2) is 4.52 Å². The molecule has 0 unspecified atom stereocenters. The Kier molecular flexibility index (Phi) is 4.81. The fourth-order valence-corrected chi connectivity index (χ4v) is 3.42. The number of aromatic nitrogens is 2. The van der Waals surface area contributed by atoms with Crippen LogP contribution < -0.4 is 5.73 Å². The van der Waals surface area contributed by atoms with Gasteiger partial charge in [0, 0.05) is 13.1 Å². The van der Waals surface area contributed by atoms with Crippen LogP contribution in [0.1, 0.15) is 49.2 Å². The van der Waals surface area contributed by atoms with Crippen LogP contribution in [0.5, 0.6) is 0 Å². The van der Waals surface area contributed by atoms with E-state index in [0.29, 0.717) is 25.5 Å². The molecule has 2 fully saturated rings. The summed E-state index contributed by atoms with van der Waals surface area (Å²) in [5.41, 5.74) is 5.15. The van der Waals surface area contributed by atoms with Crippen LogP contribution >= 0.6 is 0 Å². The van der Waals surface area contributed by atoms with Gasteiger partial charge in [0.1, 0.15) is 0 Å². The van der Waals surface area contributed by atoms with Crippen molar-refractivity contribution in [2.45, 2.75) is 44.9 Å². The topological polar surface area (TPSA) is 115 Å². The molecule has 9 nitrogen and oxygen atoms in total. The molecule has 0 saturated carbocycles. The first-order valence-electron chi connectivity index (χ1n) is 8.24. The lowest BCUT2D eigenvalue weighted by Gasteiger charge is -2.36. The molecule has 3 rings (SSSR count). The Hall–Kier alpha value is -2.00. The number of likely N-dealkylation sites (tertiary alicyclic amines) is 1. The van der Waals surface area contributed by atoms with Gasteiger partial charge in [-0.1, -0.05) is 5.16 Å². The van der Waals surface area contributed by atoms with E-state index < -0.39 is 5.91 Å². The van der Waals surface area contributed by atoms with Gasteiger partial charge in [0.15, 0.2) is 0 Å². The van der Waals surface area contributed by atoms with E-state index in [4.69, 9.17) is 15.0 Å². The first kappa shape index (κ1) is 16.8. The van der Waals surface area contributed by atoms with E-state index in [1.54, 1.807) is 0 Å². The van der Waals surface area contributed by atoms with Crippen LogP contribution in [-0.2, 0) is 9.53 Å². The molecule has 3 heterocycles. The predicted octanol–water partition coefficient (Wildman–Crippen LogP) is -0.0588. The molecule has 9 heteroatoms. The molecule has 24 heavy (non-hydrogen) atoms. The van der Waals surface area contributed by atoms with Gasteiger partial charge < -0.3 is 19.9 Å². The van der Waals surface area contributed by atoms with E-state index in [2.05, 4.69) is 10.1 Å². The molecular formula is C15H23N5O4. The first-order chi connectivity index (χ1) is 11.4. The van der Waals surface area contributed by atoms with Gasteiger partial charge in [-0.05, 0) is 33.2 Å². The number of nitrogens with zero attached hydrogens (tertiary/aromatic N) is 4. The van der Waals surface area contributed by atoms with E-state index in [0.717, 1.165) is 19.4 Å². The zero-order chi connectivity index (χ0) is 17.3. The van der Waals surface area contributed by atoms with Crippen LogP contribution in [0, 0.1) is 0 Å². The monoisotopic (exact) mass is 337 g/mol. The Morgan fingerprint density at radius 1 is 1.29 bits per heavy atom. The molecule has 2 amide bonds. The molecule has 0 radical (unpaired) electrons. The zero-order valence-electron chi connectivity index (χ0n) is 14.0. The zero-order valence-corrected chi connectivity index (χ0v) is 14.0. The first-order valence-corrected chi connectivity index (χ1v) is 8.24. The minimum absolute atomic E-state index is 0.0427. The van der Waals surface area contributed by atoms with E-state index in [9.17, 15) is 9.59 Å². The van der Waals surface area contributed by atoms with Gasteiger partial charge in [-0.3, -0.25) is 14.5 Å². The summed E-state index contributed by atoms with van der Waals surface area (Å²) in [5, 5.41) is 3.58. The lowest BCUT2D eigenvalue weighted by Crippen LogP contribution is -2.51. The fourth-order valence-electron chi connectivity index (χ4n) is 3.42. The van der Waals surface area contributed by atoms with Crippen molar-refractivity contribution in [1.29, 1.82) is 0 Å². The second kappa shape index (κ2) is 6.86. The number of primary amides is 1. The standard InChI is InChI=1S/C15H23N5O4/c1-9-6-20(7-10(2)23-9)12(21)8-19-5-3-4-11(19)15-17-14(13(16)22)18-24-15/h9-11H,3-8H2,1-2H3,(H2,16,22)/t9-,10+,11-/m1/s1. The van der Waals surface area contributed by atoms with Crippen molar-refractivity contribution in [3.63, 3.8) is 0 Å². The van der Waals surface area contributed by atoms with Crippen molar-refractivity contribution in [2.75, 3.05) is 26.2 Å². The minimum Gasteiger partial charge on any atom is -0.372 e. The summed E-state index contributed by atoms with van der Waals surface area (Å²) in [4.78, 5) is 31.6. The Morgan fingerprint density at radius 3 is 2.62 bits per heavy atom. The van der Waals surface area contributed by atoms with Gasteiger partial charge in [-0.25, -0.2) is 0 Å². The fraction of sp³-hybridized carbons (Fsp3) is 0.733. The molecule has 2 saturated heterocycles. The normalized spacial score (nSPS) is 28.2. The second-order valence-corrected chi connectivity index (χ2v) is 6.51. The second-order valence-electron chi connectivity index (χ2n) is 6.51. The molecule has 2 N–H and O–H groups in total. The number of ether oxygens (including phenoxy) is 1. The smallest absolute Gasteiger partial charge is 0.290 e. The molecule has 2 aliphatic heterocycles. The average molecular weight is 337 g/mol. The van der Waals surface area contributed by atoms with Crippen molar-refractivity contribution in [2.24, 2.45) is 5.73 Å². The summed E-state index contributed by atoms with van der Waals surface area (Å²) in [6.07, 6.45) is 1.83. The van der Waals surface area contributed by atoms with Gasteiger partial charge in [-0.15, -0.1) is 0 Å². The van der Waals surface area contributed by atoms with Gasteiger partial charge >= 0.3 is 0 Å². The highest BCUT2D eigenvalue weighted by atomic mass is 16.5. The van der Waals surface area contributed by atoms with Gasteiger partial charge in [-0.2, -0.15) is 4.98 Å². The van der Waals surface area contributed by atoms with Crippen molar-refractivity contribution >= 4 is 11.8 Å². The minimum atomic E-state index is -0.720. The Labute approximate surface area is 140 Å². The highest BCUT2D eigenvalue weighted by molar-refractivity contribution is 5.88. The summed E-state index contributed by atoms with van der Waals surface area (Å²) >= 11 is 0. The maximum atomic E-state index is 12.6. The maximum Gasteiger partial charge on any atom is 0.290 e. The Balaban J connectivity index is 1.65. The van der Waals surface area contributed by atoms with E-state index in [-0.39, 0.29) is 30.0 Å². The van der Waals surface area contributed by atoms with E-state index in [1.165, 1.54) is 0 Å². The van der Waals surface area contributed by atoms with Crippen LogP contribution in [0.4, 0.5) is 0 Å². The largest absolute Gasteiger partial charge is 0.372 e. The van der Waals surface area contributed by atoms with E-state index in [1.807, 2.05) is 23.6 Å². The van der Waals surface area contributed by atoms with Crippen molar-refractivity contribution in [1.82, 2.24) is 19.9 Å². The lowest BCUT2D eigenvalue weighted by atomic mass is 10.2. The lowest BCUT2D eigenvalue weighted by molar-refractivity contribution is -0.144. The molecule has 132 valence electrons. The number of carbonyl (C=O) groups is 2. The van der Waals surface area contributed by atoms with Crippen molar-refractivity contribution in [3.8, 4) is 0 Å². The number of amides is 2. The molecule has 1 aromatic heterocycles. The van der Waals surface area contributed by atoms with Crippen molar-refractivity contribution < 1.29 is 18.8 Å². The van der Waals surface area contributed by atoms with Crippen LogP contribution in [-0.4, -0.2) is 70.1 Å². The average Bonchev–Trinajstić information content (AvgIpc) is 3.14. The third-order valence-corrected chi connectivity index (χ3v) is 4.42. The molecular weight excluding hydrogens is 314 g/mol. The van der Waals surface area contributed by atoms with Gasteiger partial charge in [0.2, 0.25) is 11.8 Å². The molecule has 3 atom stereocenters.